The van der Waals surface area contributed by atoms with Gasteiger partial charge in [0.25, 0.3) is 8.32 Å². The van der Waals surface area contributed by atoms with E-state index in [1.807, 2.05) is 49.4 Å². The maximum Gasteiger partial charge on any atom is 0.338 e. The molecule has 4 aromatic carbocycles. The van der Waals surface area contributed by atoms with Gasteiger partial charge >= 0.3 is 5.97 Å². The summed E-state index contributed by atoms with van der Waals surface area (Å²) >= 11 is 0. The van der Waals surface area contributed by atoms with E-state index in [2.05, 4.69) is 93.6 Å². The molecule has 0 saturated carbocycles. The number of carbonyl (C=O) groups excluding carboxylic acids is 1. The predicted octanol–water partition coefficient (Wildman–Crippen LogP) is 6.86. The van der Waals surface area contributed by atoms with Crippen molar-refractivity contribution in [3.8, 4) is 0 Å². The lowest BCUT2D eigenvalue weighted by atomic mass is 10.0. The van der Waals surface area contributed by atoms with Crippen LogP contribution in [-0.4, -0.2) is 39.7 Å². The molecule has 0 spiro atoms. The molecule has 0 aliphatic carbocycles. The van der Waals surface area contributed by atoms with Crippen molar-refractivity contribution in [1.29, 1.82) is 0 Å². The molecule has 0 amide bonds. The fourth-order valence-electron chi connectivity index (χ4n) is 6.05. The molecule has 3 atom stereocenters. The molecule has 1 fully saturated rings. The minimum Gasteiger partial charge on any atom is -0.462 e. The second-order valence-electron chi connectivity index (χ2n) is 12.1. The molecule has 43 heavy (non-hydrogen) atoms. The van der Waals surface area contributed by atoms with Crippen molar-refractivity contribution in [1.82, 2.24) is 0 Å². The zero-order valence-electron chi connectivity index (χ0n) is 25.6. The molecule has 0 unspecified atom stereocenters. The average Bonchev–Trinajstić information content (AvgIpc) is 3.44. The second-order valence-corrected chi connectivity index (χ2v) is 16.4. The molecule has 0 bridgehead atoms. The van der Waals surface area contributed by atoms with Crippen LogP contribution >= 0.6 is 0 Å². The Morgan fingerprint density at radius 1 is 0.814 bits per heavy atom. The maximum atomic E-state index is 12.2. The van der Waals surface area contributed by atoms with Crippen LogP contribution in [0.4, 0.5) is 0 Å². The van der Waals surface area contributed by atoms with E-state index in [1.54, 1.807) is 0 Å². The Hall–Kier alpha value is -3.55. The Bertz CT molecular complexity index is 1400. The minimum atomic E-state index is -2.75. The molecule has 1 aliphatic heterocycles. The summed E-state index contributed by atoms with van der Waals surface area (Å²) in [5.41, 5.74) is 2.66. The van der Waals surface area contributed by atoms with Gasteiger partial charge in [-0.1, -0.05) is 124 Å². The Balaban J connectivity index is 1.43. The number of rotatable bonds is 11. The van der Waals surface area contributed by atoms with E-state index in [-0.39, 0.29) is 29.3 Å². The van der Waals surface area contributed by atoms with E-state index >= 15 is 0 Å². The summed E-state index contributed by atoms with van der Waals surface area (Å²) in [6, 6.07) is 39.1. The monoisotopic (exact) mass is 594 g/mol. The first-order valence-corrected chi connectivity index (χ1v) is 17.1. The van der Waals surface area contributed by atoms with Crippen molar-refractivity contribution in [2.24, 2.45) is 0 Å². The lowest BCUT2D eigenvalue weighted by molar-refractivity contribution is -0.0494. The van der Waals surface area contributed by atoms with Gasteiger partial charge in [0, 0.05) is 6.42 Å². The van der Waals surface area contributed by atoms with Gasteiger partial charge in [0.05, 0.1) is 37.6 Å². The summed E-state index contributed by atoms with van der Waals surface area (Å²) < 4.78 is 25.7. The van der Waals surface area contributed by atoms with Crippen LogP contribution in [0.5, 0.6) is 0 Å². The Kier molecular flexibility index (Phi) is 9.93. The summed E-state index contributed by atoms with van der Waals surface area (Å²) in [4.78, 5) is 12.2. The number of esters is 1. The van der Waals surface area contributed by atoms with Crippen LogP contribution in [-0.2, 0) is 25.2 Å². The largest absolute Gasteiger partial charge is 0.462 e. The third kappa shape index (κ3) is 7.00. The summed E-state index contributed by atoms with van der Waals surface area (Å²) in [5, 5.41) is 2.33. The van der Waals surface area contributed by atoms with Crippen molar-refractivity contribution in [3.63, 3.8) is 0 Å². The zero-order valence-corrected chi connectivity index (χ0v) is 26.6. The Morgan fingerprint density at radius 2 is 1.37 bits per heavy atom. The summed E-state index contributed by atoms with van der Waals surface area (Å²) in [6.45, 7) is 9.91. The lowest BCUT2D eigenvalue weighted by Crippen LogP contribution is -2.67. The lowest BCUT2D eigenvalue weighted by Gasteiger charge is -2.43. The highest BCUT2D eigenvalue weighted by molar-refractivity contribution is 6.99. The van der Waals surface area contributed by atoms with Crippen molar-refractivity contribution < 1.29 is 23.4 Å². The molecule has 1 aliphatic rings. The first-order valence-electron chi connectivity index (χ1n) is 15.1. The number of benzene rings is 4. The van der Waals surface area contributed by atoms with Crippen molar-refractivity contribution in [3.05, 3.63) is 132 Å². The van der Waals surface area contributed by atoms with E-state index in [4.69, 9.17) is 18.6 Å². The van der Waals surface area contributed by atoms with E-state index in [0.717, 1.165) is 11.1 Å². The third-order valence-electron chi connectivity index (χ3n) is 8.18. The van der Waals surface area contributed by atoms with E-state index in [1.165, 1.54) is 10.4 Å². The molecule has 5 rings (SSSR count). The van der Waals surface area contributed by atoms with Crippen molar-refractivity contribution in [2.45, 2.75) is 64.1 Å². The van der Waals surface area contributed by atoms with Crippen LogP contribution in [0.25, 0.3) is 0 Å². The minimum absolute atomic E-state index is 0.142. The van der Waals surface area contributed by atoms with Gasteiger partial charge in [0.2, 0.25) is 0 Å². The number of carbonyl (C=O) groups is 1. The molecular weight excluding hydrogens is 552 g/mol. The summed E-state index contributed by atoms with van der Waals surface area (Å²) in [6.07, 6.45) is 0.0957. The van der Waals surface area contributed by atoms with Crippen molar-refractivity contribution >= 4 is 24.7 Å². The maximum absolute atomic E-state index is 12.2. The molecule has 5 nitrogen and oxygen atoms in total. The molecule has 4 aromatic rings. The molecule has 224 valence electrons. The second kappa shape index (κ2) is 13.8. The number of ether oxygens (including phenoxy) is 3. The SMILES string of the molecule is CCOC(=O)c1ccc([C@H]2C[C@H](OCc3ccccc3)[C@@H](CO[Si](c3ccccc3)(c3ccccc3)C(C)(C)C)O2)cc1. The van der Waals surface area contributed by atoms with Crippen LogP contribution in [0.15, 0.2) is 115 Å². The van der Waals surface area contributed by atoms with E-state index < -0.39 is 8.32 Å². The first kappa shape index (κ1) is 30.9. The summed E-state index contributed by atoms with van der Waals surface area (Å²) in [7, 11) is -2.75. The van der Waals surface area contributed by atoms with Gasteiger partial charge in [-0.3, -0.25) is 0 Å². The Labute approximate surface area is 256 Å². The van der Waals surface area contributed by atoms with E-state index in [0.29, 0.717) is 31.8 Å². The molecule has 1 saturated heterocycles. The molecular formula is C37H42O5Si. The van der Waals surface area contributed by atoms with E-state index in [9.17, 15) is 4.79 Å². The van der Waals surface area contributed by atoms with Crippen LogP contribution in [0, 0.1) is 0 Å². The fourth-order valence-corrected chi connectivity index (χ4v) is 10.6. The molecule has 1 heterocycles. The fraction of sp³-hybridized carbons (Fsp3) is 0.324. The smallest absolute Gasteiger partial charge is 0.338 e. The normalized spacial score (nSPS) is 18.8. The highest BCUT2D eigenvalue weighted by Crippen LogP contribution is 2.39. The van der Waals surface area contributed by atoms with Crippen molar-refractivity contribution in [2.75, 3.05) is 13.2 Å². The van der Waals surface area contributed by atoms with Gasteiger partial charge in [0.15, 0.2) is 0 Å². The van der Waals surface area contributed by atoms with Gasteiger partial charge in [-0.05, 0) is 45.6 Å². The van der Waals surface area contributed by atoms with Gasteiger partial charge in [-0.2, -0.15) is 0 Å². The highest BCUT2D eigenvalue weighted by atomic mass is 28.4. The quantitative estimate of drug-likeness (QED) is 0.140. The molecule has 0 radical (unpaired) electrons. The predicted molar refractivity (Wildman–Crippen MR) is 173 cm³/mol. The number of hydrogen-bond acceptors (Lipinski definition) is 5. The van der Waals surface area contributed by atoms with Gasteiger partial charge < -0.3 is 18.6 Å². The van der Waals surface area contributed by atoms with Crippen LogP contribution in [0.3, 0.4) is 0 Å². The van der Waals surface area contributed by atoms with Crippen LogP contribution < -0.4 is 10.4 Å². The summed E-state index contributed by atoms with van der Waals surface area (Å²) in [5.74, 6) is -0.318. The standard InChI is InChI=1S/C37H42O5Si/c1-5-39-36(38)30-23-21-29(22-24-30)33-25-34(40-26-28-15-9-6-10-16-28)35(42-33)27-41-43(37(2,3)4,31-17-11-7-12-18-31)32-19-13-8-14-20-32/h6-24,33-35H,5,25-27H2,1-4H3/t33-,34+,35-/m1/s1. The van der Waals surface area contributed by atoms with Gasteiger partial charge in [-0.25, -0.2) is 4.79 Å². The Morgan fingerprint density at radius 3 is 1.91 bits per heavy atom. The van der Waals surface area contributed by atoms with Crippen LogP contribution in [0.2, 0.25) is 5.04 Å². The highest BCUT2D eigenvalue weighted by Gasteiger charge is 2.51. The van der Waals surface area contributed by atoms with Gasteiger partial charge in [-0.15, -0.1) is 0 Å². The molecule has 0 aromatic heterocycles. The molecule has 0 N–H and O–H groups in total. The topological polar surface area (TPSA) is 54.0 Å². The van der Waals surface area contributed by atoms with Gasteiger partial charge in [0.1, 0.15) is 6.10 Å². The third-order valence-corrected chi connectivity index (χ3v) is 13.2. The zero-order chi connectivity index (χ0) is 30.3. The van der Waals surface area contributed by atoms with Crippen LogP contribution in [0.1, 0.15) is 61.7 Å². The molecule has 6 heteroatoms. The first-order chi connectivity index (χ1) is 20.8. The average molecular weight is 595 g/mol. The number of hydrogen-bond donors (Lipinski definition) is 0.